The van der Waals surface area contributed by atoms with E-state index in [9.17, 15) is 0 Å². The van der Waals surface area contributed by atoms with E-state index in [2.05, 4.69) is 208 Å². The molecule has 8 heterocycles. The number of hydrogen-bond acceptors (Lipinski definition) is 12. The van der Waals surface area contributed by atoms with Crippen LogP contribution in [0.25, 0.3) is 0 Å². The van der Waals surface area contributed by atoms with E-state index in [1.807, 2.05) is 71.8 Å². The van der Waals surface area contributed by atoms with Gasteiger partial charge >= 0.3 is 0 Å². The number of hydrogen-bond donors (Lipinski definition) is 0. The highest BCUT2D eigenvalue weighted by Gasteiger charge is 2.40. The lowest BCUT2D eigenvalue weighted by molar-refractivity contribution is -0.916. The molecule has 4 aromatic heterocycles. The molecule has 0 aliphatic carbocycles. The Morgan fingerprint density at radius 3 is 0.803 bits per heavy atom. The van der Waals surface area contributed by atoms with Gasteiger partial charge in [0.2, 0.25) is 0 Å². The second-order valence-corrected chi connectivity index (χ2v) is 26.0. The zero-order valence-corrected chi connectivity index (χ0v) is 47.5. The van der Waals surface area contributed by atoms with Gasteiger partial charge in [-0.2, -0.15) is 0 Å². The highest BCUT2D eigenvalue weighted by molar-refractivity contribution is 8.00. The summed E-state index contributed by atoms with van der Waals surface area (Å²) >= 11 is 7.41. The van der Waals surface area contributed by atoms with Crippen LogP contribution in [0.5, 0.6) is 0 Å². The molecule has 0 fully saturated rings. The highest BCUT2D eigenvalue weighted by Crippen LogP contribution is 2.53. The van der Waals surface area contributed by atoms with E-state index in [1.54, 1.807) is 0 Å². The van der Waals surface area contributed by atoms with Crippen molar-refractivity contribution in [3.63, 3.8) is 0 Å². The summed E-state index contributed by atoms with van der Waals surface area (Å²) in [5.74, 6) is 0. The number of rotatable bonds is 17. The van der Waals surface area contributed by atoms with Gasteiger partial charge in [0.1, 0.15) is 0 Å². The van der Waals surface area contributed by atoms with Crippen LogP contribution in [-0.4, -0.2) is 106 Å². The average molecular weight is 1080 g/mol. The van der Waals surface area contributed by atoms with Gasteiger partial charge in [-0.05, 0) is 100 Å². The molecule has 0 spiro atoms. The molecule has 0 N–H and O–H groups in total. The summed E-state index contributed by atoms with van der Waals surface area (Å²) in [5.41, 5.74) is 9.83. The Bertz CT molecular complexity index is 2780. The Balaban J connectivity index is 0.863. The van der Waals surface area contributed by atoms with Crippen LogP contribution < -0.4 is 19.6 Å². The van der Waals surface area contributed by atoms with Crippen molar-refractivity contribution in [2.45, 2.75) is 104 Å². The van der Waals surface area contributed by atoms with Crippen molar-refractivity contribution in [2.75, 3.05) is 73.0 Å². The number of benzene rings is 4. The van der Waals surface area contributed by atoms with Crippen LogP contribution in [0.3, 0.4) is 0 Å². The van der Waals surface area contributed by atoms with Crippen LogP contribution in [0.2, 0.25) is 0 Å². The lowest BCUT2D eigenvalue weighted by Gasteiger charge is -2.46. The standard InChI is InChI=1S/C62H66N10S4/c1-43(67-47-17-7-11-21-55(47)73-59-25-29-63-35-51(59)67)39-71(5,40-44(2)68-48-18-8-12-22-56(48)74-60-26-30-64-36-52(60)68)33-15-16-34-72(6,41-45(3)69-49-19-9-13-23-57(49)75-61-27-31-65-37-53(61)69)42-46(4)70-50-20-10-14-24-58(50)76-62-28-32-66-38-54(62)70/h7-14,17-32,35-38,43-46H,15-16,33-34,39-42H2,1-6H3/q+2. The number of quaternary nitrogens is 2. The van der Waals surface area contributed by atoms with Gasteiger partial charge in [-0.15, -0.1) is 0 Å². The van der Waals surface area contributed by atoms with E-state index in [0.29, 0.717) is 0 Å². The Labute approximate surface area is 466 Å². The van der Waals surface area contributed by atoms with Gasteiger partial charge in [0.05, 0.1) is 148 Å². The minimum absolute atomic E-state index is 0.189. The first-order chi connectivity index (χ1) is 37.0. The number of para-hydroxylation sites is 4. The van der Waals surface area contributed by atoms with E-state index < -0.39 is 0 Å². The maximum atomic E-state index is 4.69. The number of unbranched alkanes of at least 4 members (excludes halogenated alkanes) is 1. The third-order valence-corrected chi connectivity index (χ3v) is 20.2. The normalized spacial score (nSPS) is 17.2. The van der Waals surface area contributed by atoms with Crippen LogP contribution in [0.1, 0.15) is 40.5 Å². The number of fused-ring (bicyclic) bond motifs is 8. The van der Waals surface area contributed by atoms with Gasteiger partial charge in [0.25, 0.3) is 0 Å². The lowest BCUT2D eigenvalue weighted by Crippen LogP contribution is -2.58. The van der Waals surface area contributed by atoms with Crippen LogP contribution in [0.15, 0.2) is 210 Å². The predicted molar refractivity (Wildman–Crippen MR) is 316 cm³/mol. The Morgan fingerprint density at radius 1 is 0.329 bits per heavy atom. The third kappa shape index (κ3) is 9.97. The molecule has 0 saturated heterocycles. The topological polar surface area (TPSA) is 64.5 Å². The van der Waals surface area contributed by atoms with Crippen molar-refractivity contribution >= 4 is 92.5 Å². The SMILES string of the molecule is CC(C[N+](C)(CCCC[N+](C)(CC(C)N1c2ccccc2Sc2ccncc21)CC(C)N1c2ccccc2Sc2ccncc21)CC(C)N1c2ccccc2Sc2ccncc21)N1c2ccccc2Sc2ccncc21. The van der Waals surface area contributed by atoms with Crippen molar-refractivity contribution < 1.29 is 8.97 Å². The van der Waals surface area contributed by atoms with Crippen LogP contribution >= 0.6 is 47.0 Å². The van der Waals surface area contributed by atoms with Crippen molar-refractivity contribution in [2.24, 2.45) is 0 Å². The summed E-state index contributed by atoms with van der Waals surface area (Å²) < 4.78 is 1.80. The molecule has 76 heavy (non-hydrogen) atoms. The average Bonchev–Trinajstić information content (AvgIpc) is 3.44. The van der Waals surface area contributed by atoms with Gasteiger partial charge in [-0.1, -0.05) is 95.6 Å². The number of aromatic nitrogens is 4. The van der Waals surface area contributed by atoms with Crippen molar-refractivity contribution in [1.82, 2.24) is 19.9 Å². The van der Waals surface area contributed by atoms with E-state index >= 15 is 0 Å². The molecule has 4 atom stereocenters. The van der Waals surface area contributed by atoms with Crippen LogP contribution in [-0.2, 0) is 0 Å². The molecule has 0 amide bonds. The third-order valence-electron chi connectivity index (χ3n) is 15.7. The molecular weight excluding hydrogens is 1010 g/mol. The summed E-state index contributed by atoms with van der Waals surface area (Å²) in [6.45, 7) is 15.7. The molecule has 4 aliphatic heterocycles. The maximum absolute atomic E-state index is 4.69. The fourth-order valence-corrected chi connectivity index (χ4v) is 17.0. The first kappa shape index (κ1) is 50.8. The van der Waals surface area contributed by atoms with E-state index in [1.165, 1.54) is 84.7 Å². The summed E-state index contributed by atoms with van der Waals surface area (Å²) in [7, 11) is 5.06. The molecule has 14 heteroatoms. The molecule has 4 unspecified atom stereocenters. The van der Waals surface area contributed by atoms with Gasteiger partial charge in [0.15, 0.2) is 0 Å². The maximum Gasteiger partial charge on any atom is 0.0993 e. The van der Waals surface area contributed by atoms with Crippen molar-refractivity contribution in [3.8, 4) is 0 Å². The lowest BCUT2D eigenvalue weighted by atomic mass is 10.1. The number of likely N-dealkylation sites (N-methyl/N-ethyl adjacent to an activating group) is 2. The summed E-state index contributed by atoms with van der Waals surface area (Å²) in [4.78, 5) is 39.3. The Kier molecular flexibility index (Phi) is 14.3. The largest absolute Gasteiger partial charge is 0.330 e. The monoisotopic (exact) mass is 1080 g/mol. The predicted octanol–water partition coefficient (Wildman–Crippen LogP) is 15.0. The fourth-order valence-electron chi connectivity index (χ4n) is 12.8. The Hall–Kier alpha value is -6.00. The molecule has 0 radical (unpaired) electrons. The van der Waals surface area contributed by atoms with Crippen molar-refractivity contribution in [3.05, 3.63) is 171 Å². The number of anilines is 8. The molecule has 8 aromatic rings. The zero-order valence-electron chi connectivity index (χ0n) is 44.2. The second kappa shape index (κ2) is 21.4. The highest BCUT2D eigenvalue weighted by atomic mass is 32.2. The fraction of sp³-hybridized carbons (Fsp3) is 0.290. The summed E-state index contributed by atoms with van der Waals surface area (Å²) in [6.07, 6.45) is 18.2. The van der Waals surface area contributed by atoms with Crippen molar-refractivity contribution in [1.29, 1.82) is 0 Å². The number of nitrogens with zero attached hydrogens (tertiary/aromatic N) is 10. The second-order valence-electron chi connectivity index (χ2n) is 21.7. The van der Waals surface area contributed by atoms with E-state index in [4.69, 9.17) is 19.9 Å². The quantitative estimate of drug-likeness (QED) is 0.0645. The molecule has 4 aliphatic rings. The smallest absolute Gasteiger partial charge is 0.0993 e. The summed E-state index contributed by atoms with van der Waals surface area (Å²) in [6, 6.07) is 45.1. The molecule has 0 bridgehead atoms. The van der Waals surface area contributed by atoms with Gasteiger partial charge < -0.3 is 28.6 Å². The first-order valence-corrected chi connectivity index (χ1v) is 30.0. The van der Waals surface area contributed by atoms with Gasteiger partial charge in [-0.25, -0.2) is 0 Å². The first-order valence-electron chi connectivity index (χ1n) is 26.7. The molecule has 10 nitrogen and oxygen atoms in total. The minimum Gasteiger partial charge on any atom is -0.330 e. The molecule has 0 saturated carbocycles. The zero-order chi connectivity index (χ0) is 52.0. The summed E-state index contributed by atoms with van der Waals surface area (Å²) in [5, 5.41) is 0. The van der Waals surface area contributed by atoms with E-state index in [-0.39, 0.29) is 24.2 Å². The molecule has 386 valence electrons. The van der Waals surface area contributed by atoms with Crippen LogP contribution in [0.4, 0.5) is 45.5 Å². The number of pyridine rings is 4. The minimum atomic E-state index is 0.189. The van der Waals surface area contributed by atoms with Crippen LogP contribution in [0, 0.1) is 0 Å². The molecular formula is C62H66N10S4+2. The van der Waals surface area contributed by atoms with Gasteiger partial charge in [-0.3, -0.25) is 19.9 Å². The van der Waals surface area contributed by atoms with Gasteiger partial charge in [0, 0.05) is 76.8 Å². The molecule has 4 aromatic carbocycles. The Morgan fingerprint density at radius 2 is 0.553 bits per heavy atom. The van der Waals surface area contributed by atoms with E-state index in [0.717, 1.165) is 61.1 Å². The molecule has 12 rings (SSSR count).